The van der Waals surface area contributed by atoms with Gasteiger partial charge in [0.25, 0.3) is 0 Å². The largest absolute Gasteiger partial charge is 0.393 e. The smallest absolute Gasteiger partial charge is 0.222 e. The van der Waals surface area contributed by atoms with E-state index in [2.05, 4.69) is 9.97 Å². The Bertz CT molecular complexity index is 304. The van der Waals surface area contributed by atoms with Crippen LogP contribution in [0.2, 0.25) is 5.28 Å². The molecule has 1 saturated heterocycles. The standard InChI is InChI=1S/C9H11ClN2O2/c10-9-11-4-6(5-12-9)8-3-7(13)1-2-14-8/h4-5,7-8,13H,1-3H2. The van der Waals surface area contributed by atoms with Gasteiger partial charge in [-0.15, -0.1) is 0 Å². The molecule has 0 bridgehead atoms. The zero-order valence-electron chi connectivity index (χ0n) is 7.56. The maximum Gasteiger partial charge on any atom is 0.222 e. The van der Waals surface area contributed by atoms with Gasteiger partial charge in [-0.2, -0.15) is 0 Å². The Labute approximate surface area is 86.9 Å². The minimum atomic E-state index is -0.288. The van der Waals surface area contributed by atoms with Crippen LogP contribution >= 0.6 is 11.6 Å². The highest BCUT2D eigenvalue weighted by Crippen LogP contribution is 2.27. The third-order valence-electron chi connectivity index (χ3n) is 2.27. The van der Waals surface area contributed by atoms with Gasteiger partial charge in [0.15, 0.2) is 0 Å². The molecule has 0 spiro atoms. The molecule has 1 aromatic heterocycles. The fourth-order valence-electron chi connectivity index (χ4n) is 1.50. The molecule has 2 rings (SSSR count). The summed E-state index contributed by atoms with van der Waals surface area (Å²) in [6, 6.07) is 0. The Balaban J connectivity index is 2.10. The second-order valence-corrected chi connectivity index (χ2v) is 3.66. The molecular formula is C9H11ClN2O2. The number of ether oxygens (including phenoxy) is 1. The van der Waals surface area contributed by atoms with Crippen molar-refractivity contribution < 1.29 is 9.84 Å². The first-order chi connectivity index (χ1) is 6.75. The summed E-state index contributed by atoms with van der Waals surface area (Å²) in [6.07, 6.45) is 4.19. The van der Waals surface area contributed by atoms with E-state index in [1.54, 1.807) is 12.4 Å². The highest BCUT2D eigenvalue weighted by Gasteiger charge is 2.22. The first-order valence-electron chi connectivity index (χ1n) is 4.53. The number of aliphatic hydroxyl groups excluding tert-OH is 1. The van der Waals surface area contributed by atoms with E-state index in [0.29, 0.717) is 19.4 Å². The molecule has 14 heavy (non-hydrogen) atoms. The minimum absolute atomic E-state index is 0.101. The van der Waals surface area contributed by atoms with Crippen molar-refractivity contribution in [2.75, 3.05) is 6.61 Å². The summed E-state index contributed by atoms with van der Waals surface area (Å²) in [5.41, 5.74) is 0.869. The molecule has 1 aliphatic heterocycles. The summed E-state index contributed by atoms with van der Waals surface area (Å²) in [4.78, 5) is 7.74. The molecule has 0 radical (unpaired) electrons. The van der Waals surface area contributed by atoms with Gasteiger partial charge in [-0.25, -0.2) is 9.97 Å². The molecule has 1 aromatic rings. The predicted molar refractivity (Wildman–Crippen MR) is 51.0 cm³/mol. The normalized spacial score (nSPS) is 27.6. The fraction of sp³-hybridized carbons (Fsp3) is 0.556. The first-order valence-corrected chi connectivity index (χ1v) is 4.90. The average Bonchev–Trinajstić information content (AvgIpc) is 2.19. The molecule has 2 unspecified atom stereocenters. The molecule has 1 N–H and O–H groups in total. The van der Waals surface area contributed by atoms with Crippen molar-refractivity contribution in [1.29, 1.82) is 0 Å². The Hall–Kier alpha value is -0.710. The molecule has 2 heterocycles. The summed E-state index contributed by atoms with van der Waals surface area (Å²) in [6.45, 7) is 0.578. The van der Waals surface area contributed by atoms with Gasteiger partial charge in [0.05, 0.1) is 12.2 Å². The van der Waals surface area contributed by atoms with Crippen molar-refractivity contribution in [2.24, 2.45) is 0 Å². The topological polar surface area (TPSA) is 55.2 Å². The van der Waals surface area contributed by atoms with Crippen LogP contribution in [0.4, 0.5) is 0 Å². The van der Waals surface area contributed by atoms with Crippen molar-refractivity contribution in [3.63, 3.8) is 0 Å². The number of halogens is 1. The van der Waals surface area contributed by atoms with E-state index in [0.717, 1.165) is 5.56 Å². The van der Waals surface area contributed by atoms with Gasteiger partial charge in [0.2, 0.25) is 5.28 Å². The molecule has 0 aromatic carbocycles. The number of rotatable bonds is 1. The predicted octanol–water partition coefficient (Wildman–Crippen LogP) is 1.34. The Morgan fingerprint density at radius 2 is 2.14 bits per heavy atom. The maximum atomic E-state index is 9.45. The summed E-state index contributed by atoms with van der Waals surface area (Å²) in [5.74, 6) is 0. The van der Waals surface area contributed by atoms with Gasteiger partial charge < -0.3 is 9.84 Å². The van der Waals surface area contributed by atoms with Crippen LogP contribution < -0.4 is 0 Å². The van der Waals surface area contributed by atoms with E-state index in [1.807, 2.05) is 0 Å². The minimum Gasteiger partial charge on any atom is -0.393 e. The van der Waals surface area contributed by atoms with Crippen LogP contribution in [0, 0.1) is 0 Å². The molecule has 5 heteroatoms. The Morgan fingerprint density at radius 3 is 2.79 bits per heavy atom. The molecule has 0 saturated carbocycles. The van der Waals surface area contributed by atoms with Crippen LogP contribution in [-0.4, -0.2) is 27.8 Å². The van der Waals surface area contributed by atoms with Crippen LogP contribution in [0.3, 0.4) is 0 Å². The van der Waals surface area contributed by atoms with Gasteiger partial charge in [-0.05, 0) is 18.0 Å². The van der Waals surface area contributed by atoms with Crippen molar-refractivity contribution in [3.8, 4) is 0 Å². The van der Waals surface area contributed by atoms with Crippen molar-refractivity contribution in [3.05, 3.63) is 23.2 Å². The van der Waals surface area contributed by atoms with Gasteiger partial charge in [0, 0.05) is 31.0 Å². The maximum absolute atomic E-state index is 9.45. The molecular weight excluding hydrogens is 204 g/mol. The molecule has 1 fully saturated rings. The number of aliphatic hydroxyl groups is 1. The van der Waals surface area contributed by atoms with Gasteiger partial charge in [-0.1, -0.05) is 0 Å². The van der Waals surface area contributed by atoms with E-state index in [4.69, 9.17) is 16.3 Å². The molecule has 76 valence electrons. The third-order valence-corrected chi connectivity index (χ3v) is 2.46. The summed E-state index contributed by atoms with van der Waals surface area (Å²) in [7, 11) is 0. The summed E-state index contributed by atoms with van der Waals surface area (Å²) in [5, 5.41) is 9.68. The van der Waals surface area contributed by atoms with E-state index >= 15 is 0 Å². The number of aromatic nitrogens is 2. The summed E-state index contributed by atoms with van der Waals surface area (Å²) >= 11 is 5.57. The van der Waals surface area contributed by atoms with Gasteiger partial charge in [0.1, 0.15) is 0 Å². The van der Waals surface area contributed by atoms with E-state index in [1.165, 1.54) is 0 Å². The molecule has 2 atom stereocenters. The number of nitrogens with zero attached hydrogens (tertiary/aromatic N) is 2. The lowest BCUT2D eigenvalue weighted by Gasteiger charge is -2.26. The SMILES string of the molecule is OC1CCOC(c2cnc(Cl)nc2)C1. The van der Waals surface area contributed by atoms with E-state index < -0.39 is 0 Å². The Morgan fingerprint density at radius 1 is 1.43 bits per heavy atom. The second kappa shape index (κ2) is 4.21. The van der Waals surface area contributed by atoms with Crippen LogP contribution in [0.15, 0.2) is 12.4 Å². The lowest BCUT2D eigenvalue weighted by molar-refractivity contribution is -0.0450. The zero-order valence-corrected chi connectivity index (χ0v) is 8.31. The number of hydrogen-bond acceptors (Lipinski definition) is 4. The summed E-state index contributed by atoms with van der Waals surface area (Å²) < 4.78 is 5.49. The zero-order chi connectivity index (χ0) is 9.97. The monoisotopic (exact) mass is 214 g/mol. The van der Waals surface area contributed by atoms with Gasteiger partial charge >= 0.3 is 0 Å². The highest BCUT2D eigenvalue weighted by atomic mass is 35.5. The Kier molecular flexibility index (Phi) is 2.96. The van der Waals surface area contributed by atoms with Crippen LogP contribution in [0.5, 0.6) is 0 Å². The third kappa shape index (κ3) is 2.20. The van der Waals surface area contributed by atoms with E-state index in [-0.39, 0.29) is 17.5 Å². The molecule has 1 aliphatic rings. The van der Waals surface area contributed by atoms with E-state index in [9.17, 15) is 5.11 Å². The van der Waals surface area contributed by atoms with Crippen LogP contribution in [-0.2, 0) is 4.74 Å². The fourth-order valence-corrected chi connectivity index (χ4v) is 1.60. The molecule has 0 amide bonds. The quantitative estimate of drug-likeness (QED) is 0.717. The molecule has 0 aliphatic carbocycles. The van der Waals surface area contributed by atoms with Gasteiger partial charge in [-0.3, -0.25) is 0 Å². The second-order valence-electron chi connectivity index (χ2n) is 3.32. The first kappa shape index (κ1) is 9.83. The van der Waals surface area contributed by atoms with Crippen molar-refractivity contribution in [1.82, 2.24) is 9.97 Å². The lowest BCUT2D eigenvalue weighted by Crippen LogP contribution is -2.23. The van der Waals surface area contributed by atoms with Crippen LogP contribution in [0.1, 0.15) is 24.5 Å². The van der Waals surface area contributed by atoms with Crippen LogP contribution in [0.25, 0.3) is 0 Å². The molecule has 4 nitrogen and oxygen atoms in total. The highest BCUT2D eigenvalue weighted by molar-refractivity contribution is 6.28. The lowest BCUT2D eigenvalue weighted by atomic mass is 10.0. The number of hydrogen-bond donors (Lipinski definition) is 1. The van der Waals surface area contributed by atoms with Crippen molar-refractivity contribution >= 4 is 11.6 Å². The van der Waals surface area contributed by atoms with Crippen molar-refractivity contribution in [2.45, 2.75) is 25.0 Å². The average molecular weight is 215 g/mol.